The van der Waals surface area contributed by atoms with E-state index in [1.807, 2.05) is 0 Å². The summed E-state index contributed by atoms with van der Waals surface area (Å²) in [5, 5.41) is 26.1. The third kappa shape index (κ3) is 126. The molecule has 0 saturated carbocycles. The van der Waals surface area contributed by atoms with E-state index in [9.17, 15) is 29.1 Å². The average Bonchev–Trinajstić information content (AvgIpc) is 0.928. The van der Waals surface area contributed by atoms with Gasteiger partial charge in [-0.05, 0) is 19.3 Å². The summed E-state index contributed by atoms with van der Waals surface area (Å²) in [5.41, 5.74) is 0. The highest BCUT2D eigenvalue weighted by Gasteiger charge is 2.21. The van der Waals surface area contributed by atoms with Gasteiger partial charge in [-0.3, -0.25) is 19.2 Å². The molecule has 0 aromatic rings. The van der Waals surface area contributed by atoms with Crippen molar-refractivity contribution in [2.45, 2.75) is 102 Å². The molecular formula is C96H188N4O44. The Labute approximate surface area is 855 Å². The van der Waals surface area contributed by atoms with Crippen molar-refractivity contribution in [2.75, 3.05) is 495 Å². The van der Waals surface area contributed by atoms with Crippen molar-refractivity contribution >= 4 is 29.7 Å². The highest BCUT2D eigenvalue weighted by molar-refractivity contribution is 5.84. The normalized spacial score (nSPS) is 11.9. The number of carbonyl (C=O) groups excluding carboxylic acids is 3. The number of nitrogens with two attached hydrogens (primary N) is 1. The first-order valence-electron chi connectivity index (χ1n) is 51.6. The van der Waals surface area contributed by atoms with E-state index in [-0.39, 0.29) is 69.6 Å². The number of unbranched alkanes of at least 4 members (excludes halogenated alkanes) is 9. The fourth-order valence-corrected chi connectivity index (χ4v) is 11.4. The molecule has 48 heteroatoms. The summed E-state index contributed by atoms with van der Waals surface area (Å²) in [5.74, 6) is 2.21. The molecule has 0 heterocycles. The van der Waals surface area contributed by atoms with Crippen molar-refractivity contribution in [1.82, 2.24) is 16.0 Å². The van der Waals surface area contributed by atoms with Crippen LogP contribution < -0.4 is 21.8 Å². The molecule has 0 aromatic carbocycles. The van der Waals surface area contributed by atoms with Crippen molar-refractivity contribution in [2.24, 2.45) is 5.90 Å². The van der Waals surface area contributed by atoms with Gasteiger partial charge in [0, 0.05) is 38.8 Å². The number of carbonyl (C=O) groups is 5. The van der Waals surface area contributed by atoms with Crippen LogP contribution in [0.2, 0.25) is 0 Å². The molecule has 0 unspecified atom stereocenters. The van der Waals surface area contributed by atoms with Gasteiger partial charge in [-0.2, -0.15) is 0 Å². The van der Waals surface area contributed by atoms with E-state index in [1.165, 1.54) is 0 Å². The summed E-state index contributed by atoms with van der Waals surface area (Å²) in [6.45, 7) is 33.4. The lowest BCUT2D eigenvalue weighted by molar-refractivity contribution is -0.142. The molecule has 0 aliphatic heterocycles. The van der Waals surface area contributed by atoms with Crippen molar-refractivity contribution < 1.29 is 210 Å². The molecule has 0 bridgehead atoms. The molecule has 7 N–H and O–H groups in total. The number of rotatable bonds is 132. The number of aliphatic carboxylic acids is 2. The molecule has 0 aliphatic carbocycles. The van der Waals surface area contributed by atoms with Gasteiger partial charge in [0.2, 0.25) is 17.7 Å². The van der Waals surface area contributed by atoms with Crippen LogP contribution >= 0.6 is 0 Å². The van der Waals surface area contributed by atoms with Crippen molar-refractivity contribution in [3.8, 4) is 0 Å². The summed E-state index contributed by atoms with van der Waals surface area (Å²) in [6, 6.07) is -1.13. The van der Waals surface area contributed by atoms with E-state index >= 15 is 0 Å². The molecule has 1 atom stereocenters. The maximum atomic E-state index is 12.3. The van der Waals surface area contributed by atoms with Crippen LogP contribution in [0, 0.1) is 0 Å². The third-order valence-electron chi connectivity index (χ3n) is 18.9. The second-order valence-corrected chi connectivity index (χ2v) is 30.8. The second kappa shape index (κ2) is 127. The Balaban J connectivity index is 3.18. The van der Waals surface area contributed by atoms with Crippen LogP contribution in [0.15, 0.2) is 0 Å². The molecule has 0 radical (unpaired) electrons. The van der Waals surface area contributed by atoms with Crippen LogP contribution in [0.5, 0.6) is 0 Å². The largest absolute Gasteiger partial charge is 0.481 e. The average molecular weight is 2100 g/mol. The van der Waals surface area contributed by atoms with Gasteiger partial charge < -0.3 is 202 Å². The Morgan fingerprint density at radius 3 is 0.479 bits per heavy atom. The van der Waals surface area contributed by atoms with Gasteiger partial charge in [-0.1, -0.05) is 51.4 Å². The SMILES string of the molecule is NOCCNC(=O)CCOCCOCCOCCOCCOCCOCCOCCOCCOCCOCCOCCOCCOCCOCCOCCOCCOCCOCCOCCOCCOCCOCCOCCOCCOCCOCCOCCOCCOCCOCCOCCOCCOCCOCCOCCOCCNC(=O)CC[C@H](NC(=O)CCCCCCCCCCCCC(=O)O)C(=O)O. The zero-order valence-corrected chi connectivity index (χ0v) is 86.8. The van der Waals surface area contributed by atoms with Gasteiger partial charge >= 0.3 is 11.9 Å². The van der Waals surface area contributed by atoms with Crippen LogP contribution in [0.3, 0.4) is 0 Å². The summed E-state index contributed by atoms with van der Waals surface area (Å²) in [6.07, 6.45) is 10.4. The molecular weight excluding hydrogens is 1910 g/mol. The van der Waals surface area contributed by atoms with Crippen molar-refractivity contribution in [3.05, 3.63) is 0 Å². The maximum absolute atomic E-state index is 12.3. The van der Waals surface area contributed by atoms with Gasteiger partial charge in [0.15, 0.2) is 0 Å². The summed E-state index contributed by atoms with van der Waals surface area (Å²) in [7, 11) is 0. The van der Waals surface area contributed by atoms with Crippen LogP contribution in [-0.4, -0.2) is 541 Å². The highest BCUT2D eigenvalue weighted by Crippen LogP contribution is 2.13. The van der Waals surface area contributed by atoms with Gasteiger partial charge in [0.1, 0.15) is 6.04 Å². The zero-order chi connectivity index (χ0) is 103. The van der Waals surface area contributed by atoms with E-state index in [1.54, 1.807) is 0 Å². The zero-order valence-electron chi connectivity index (χ0n) is 86.8. The number of carboxylic acid groups (broad SMARTS) is 2. The molecule has 0 aliphatic rings. The van der Waals surface area contributed by atoms with Crippen LogP contribution in [0.1, 0.15) is 96.3 Å². The molecule has 0 rings (SSSR count). The topological polar surface area (TPSA) is 529 Å². The predicted molar refractivity (Wildman–Crippen MR) is 522 cm³/mol. The van der Waals surface area contributed by atoms with E-state index in [0.717, 1.165) is 57.8 Å². The lowest BCUT2D eigenvalue weighted by atomic mass is 10.0. The van der Waals surface area contributed by atoms with Crippen LogP contribution in [-0.2, 0) is 199 Å². The lowest BCUT2D eigenvalue weighted by Gasteiger charge is -2.14. The monoisotopic (exact) mass is 2100 g/mol. The number of nitrogens with one attached hydrogen (secondary N) is 3. The molecule has 0 fully saturated rings. The Morgan fingerprint density at radius 1 is 0.167 bits per heavy atom. The standard InChI is InChI=1S/C96H188N4O44/c97-144-20-17-99-93(102)15-18-108-21-23-110-25-27-112-29-31-114-33-35-116-37-39-118-41-43-120-45-47-122-49-51-124-53-55-126-57-59-128-61-63-130-65-67-132-69-71-134-73-75-136-77-79-138-81-83-140-85-87-142-89-90-143-88-86-141-84-82-139-80-78-137-76-74-135-72-70-133-68-66-131-64-62-129-60-58-127-56-54-125-52-50-123-48-46-121-44-42-119-40-38-117-36-34-115-32-30-113-28-26-111-24-22-109-19-16-98-92(101)14-13-91(96(106)107)100-94(103)11-9-7-5-3-1-2-4-6-8-10-12-95(104)105/h91H,1-90,97H2,(H,98,101)(H,99,102)(H,100,103)(H,104,105)(H,106,107)/t91-/m0/s1. The van der Waals surface area contributed by atoms with E-state index in [4.69, 9.17) is 182 Å². The van der Waals surface area contributed by atoms with E-state index < -0.39 is 18.0 Å². The summed E-state index contributed by atoms with van der Waals surface area (Å²) < 4.78 is 199. The quantitative estimate of drug-likeness (QED) is 0.0375. The molecule has 0 spiro atoms. The van der Waals surface area contributed by atoms with Crippen LogP contribution in [0.25, 0.3) is 0 Å². The number of carboxylic acids is 2. The second-order valence-electron chi connectivity index (χ2n) is 30.8. The summed E-state index contributed by atoms with van der Waals surface area (Å²) >= 11 is 0. The highest BCUT2D eigenvalue weighted by atomic mass is 16.6. The molecule has 144 heavy (non-hydrogen) atoms. The van der Waals surface area contributed by atoms with E-state index in [0.29, 0.717) is 482 Å². The van der Waals surface area contributed by atoms with Crippen molar-refractivity contribution in [1.29, 1.82) is 0 Å². The first-order chi connectivity index (χ1) is 71.3. The Hall–Kier alpha value is -4.17. The maximum Gasteiger partial charge on any atom is 0.326 e. The number of hydrogen-bond acceptors (Lipinski definition) is 43. The predicted octanol–water partition coefficient (Wildman–Crippen LogP) is 2.21. The minimum Gasteiger partial charge on any atom is -0.481 e. The lowest BCUT2D eigenvalue weighted by Crippen LogP contribution is -2.41. The molecule has 3 amide bonds. The fraction of sp³-hybridized carbons (Fsp3) is 0.948. The Morgan fingerprint density at radius 2 is 0.312 bits per heavy atom. The van der Waals surface area contributed by atoms with Gasteiger partial charge in [-0.15, -0.1) is 0 Å². The first-order valence-corrected chi connectivity index (χ1v) is 51.6. The number of ether oxygens (including phenoxy) is 36. The van der Waals surface area contributed by atoms with Crippen LogP contribution in [0.4, 0.5) is 0 Å². The number of amides is 3. The minimum atomic E-state index is -1.18. The third-order valence-corrected chi connectivity index (χ3v) is 18.9. The molecule has 0 saturated heterocycles. The molecule has 48 nitrogen and oxygen atoms in total. The van der Waals surface area contributed by atoms with E-state index in [2.05, 4.69) is 20.8 Å². The van der Waals surface area contributed by atoms with Crippen molar-refractivity contribution in [3.63, 3.8) is 0 Å². The van der Waals surface area contributed by atoms with Gasteiger partial charge in [0.25, 0.3) is 0 Å². The number of hydrogen-bond donors (Lipinski definition) is 6. The van der Waals surface area contributed by atoms with Gasteiger partial charge in [-0.25, -0.2) is 10.7 Å². The molecule has 0 aromatic heterocycles. The Kier molecular flexibility index (Phi) is 124. The summed E-state index contributed by atoms with van der Waals surface area (Å²) in [4.78, 5) is 62.8. The minimum absolute atomic E-state index is 0.0130. The smallest absolute Gasteiger partial charge is 0.326 e. The van der Waals surface area contributed by atoms with Gasteiger partial charge in [0.05, 0.1) is 482 Å². The Bertz CT molecular complexity index is 2480. The fourth-order valence-electron chi connectivity index (χ4n) is 11.4. The molecule has 856 valence electrons. The first kappa shape index (κ1) is 140.